The minimum absolute atomic E-state index is 0.393. The lowest BCUT2D eigenvalue weighted by molar-refractivity contribution is 0.00578. The molecule has 1 saturated heterocycles. The molecule has 0 aromatic heterocycles. The monoisotopic (exact) mass is 316 g/mol. The van der Waals surface area contributed by atoms with Gasteiger partial charge in [-0.3, -0.25) is 4.99 Å². The summed E-state index contributed by atoms with van der Waals surface area (Å²) in [5.41, 5.74) is 6.74. The van der Waals surface area contributed by atoms with Crippen LogP contribution in [0.15, 0.2) is 40.9 Å². The van der Waals surface area contributed by atoms with E-state index in [1.807, 2.05) is 52.0 Å². The smallest absolute Gasteiger partial charge is 0.497 e. The van der Waals surface area contributed by atoms with Gasteiger partial charge in [-0.25, -0.2) is 0 Å². The molecular weight excluding hydrogens is 291 g/mol. The Balaban J connectivity index is 2.00. The van der Waals surface area contributed by atoms with Crippen molar-refractivity contribution >= 4 is 13.3 Å². The molecule has 2 N–H and O–H groups in total. The number of hydrogen-bond donors (Lipinski definition) is 1. The van der Waals surface area contributed by atoms with Gasteiger partial charge in [-0.2, -0.15) is 0 Å². The van der Waals surface area contributed by atoms with Gasteiger partial charge in [0.1, 0.15) is 5.75 Å². The summed E-state index contributed by atoms with van der Waals surface area (Å²) in [7, 11) is 1.15. The lowest BCUT2D eigenvalue weighted by Crippen LogP contribution is -2.41. The molecule has 0 bridgehead atoms. The zero-order chi connectivity index (χ0) is 17.1. The van der Waals surface area contributed by atoms with Crippen molar-refractivity contribution in [2.45, 2.75) is 45.4 Å². The molecule has 1 aliphatic rings. The van der Waals surface area contributed by atoms with Crippen LogP contribution in [-0.4, -0.2) is 31.6 Å². The van der Waals surface area contributed by atoms with Gasteiger partial charge in [-0.15, -0.1) is 0 Å². The Morgan fingerprint density at radius 2 is 1.74 bits per heavy atom. The zero-order valence-corrected chi connectivity index (χ0v) is 14.5. The molecule has 6 heteroatoms. The van der Waals surface area contributed by atoms with E-state index in [1.54, 1.807) is 13.3 Å². The van der Waals surface area contributed by atoms with Crippen molar-refractivity contribution in [3.63, 3.8) is 0 Å². The Morgan fingerprint density at radius 1 is 1.17 bits per heavy atom. The summed E-state index contributed by atoms with van der Waals surface area (Å²) in [5, 5.41) is 0. The van der Waals surface area contributed by atoms with Crippen LogP contribution in [0.4, 0.5) is 0 Å². The average molecular weight is 316 g/mol. The van der Waals surface area contributed by atoms with Gasteiger partial charge in [0.2, 0.25) is 0 Å². The zero-order valence-electron chi connectivity index (χ0n) is 14.5. The van der Waals surface area contributed by atoms with E-state index in [0.717, 1.165) is 16.8 Å². The van der Waals surface area contributed by atoms with E-state index in [2.05, 4.69) is 4.99 Å². The number of aliphatic imine (C=N–C) groups is 1. The molecule has 0 amide bonds. The number of benzene rings is 1. The molecule has 1 aromatic carbocycles. The van der Waals surface area contributed by atoms with Gasteiger partial charge in [-0.05, 0) is 51.6 Å². The second kappa shape index (κ2) is 6.77. The summed E-state index contributed by atoms with van der Waals surface area (Å²) in [4.78, 5) is 4.43. The van der Waals surface area contributed by atoms with Crippen LogP contribution in [0.1, 0.15) is 33.3 Å². The average Bonchev–Trinajstić information content (AvgIpc) is 2.72. The van der Waals surface area contributed by atoms with E-state index < -0.39 is 18.3 Å². The third kappa shape index (κ3) is 3.95. The Morgan fingerprint density at radius 3 is 2.22 bits per heavy atom. The minimum Gasteiger partial charge on any atom is -0.497 e. The maximum absolute atomic E-state index is 5.97. The second-order valence-corrected chi connectivity index (χ2v) is 6.57. The van der Waals surface area contributed by atoms with Crippen LogP contribution >= 0.6 is 0 Å². The lowest BCUT2D eigenvalue weighted by Gasteiger charge is -2.32. The molecule has 124 valence electrons. The van der Waals surface area contributed by atoms with Crippen LogP contribution < -0.4 is 10.5 Å². The van der Waals surface area contributed by atoms with Gasteiger partial charge >= 0.3 is 7.12 Å². The Kier molecular flexibility index (Phi) is 5.17. The molecule has 1 aliphatic heterocycles. The molecule has 0 saturated carbocycles. The predicted octanol–water partition coefficient (Wildman–Crippen LogP) is 2.74. The maximum atomic E-state index is 5.97. The van der Waals surface area contributed by atoms with Gasteiger partial charge in [0.15, 0.2) is 0 Å². The standard InChI is InChI=1S/C17H25BN2O3/c1-16(2)17(3,4)23-18(22-16)14(10-19)12-20-11-13-6-8-15(21-5)9-7-13/h6-10,12H,11,19H2,1-5H3/b14-10+,20-12?. The summed E-state index contributed by atoms with van der Waals surface area (Å²) >= 11 is 0. The molecule has 1 heterocycles. The van der Waals surface area contributed by atoms with E-state index in [4.69, 9.17) is 19.8 Å². The van der Waals surface area contributed by atoms with Crippen molar-refractivity contribution in [1.29, 1.82) is 0 Å². The highest BCUT2D eigenvalue weighted by Crippen LogP contribution is 2.38. The highest BCUT2D eigenvalue weighted by atomic mass is 16.7. The number of nitrogens with zero attached hydrogens (tertiary/aromatic N) is 1. The first-order chi connectivity index (χ1) is 10.8. The summed E-state index contributed by atoms with van der Waals surface area (Å²) in [6.45, 7) is 8.59. The number of nitrogens with two attached hydrogens (primary N) is 1. The molecule has 2 rings (SSSR count). The molecule has 0 unspecified atom stereocenters. The summed E-state index contributed by atoms with van der Waals surface area (Å²) in [5.74, 6) is 0.831. The SMILES string of the molecule is COc1ccc(CN=C/C(=C\N)B2OC(C)(C)C(C)(C)O2)cc1. The highest BCUT2D eigenvalue weighted by Gasteiger charge is 2.52. The largest absolute Gasteiger partial charge is 0.497 e. The predicted molar refractivity (Wildman–Crippen MR) is 93.5 cm³/mol. The van der Waals surface area contributed by atoms with Crippen LogP contribution in [0.2, 0.25) is 0 Å². The highest BCUT2D eigenvalue weighted by molar-refractivity contribution is 6.60. The van der Waals surface area contributed by atoms with Crippen LogP contribution in [-0.2, 0) is 15.9 Å². The normalized spacial score (nSPS) is 20.2. The second-order valence-electron chi connectivity index (χ2n) is 6.57. The minimum atomic E-state index is -0.496. The fourth-order valence-electron chi connectivity index (χ4n) is 2.15. The van der Waals surface area contributed by atoms with Gasteiger partial charge in [0.05, 0.1) is 24.9 Å². The fourth-order valence-corrected chi connectivity index (χ4v) is 2.15. The number of hydrogen-bond acceptors (Lipinski definition) is 5. The van der Waals surface area contributed by atoms with Crippen molar-refractivity contribution < 1.29 is 14.0 Å². The number of allylic oxidation sites excluding steroid dienone is 1. The van der Waals surface area contributed by atoms with Gasteiger partial charge in [-0.1, -0.05) is 12.1 Å². The van der Waals surface area contributed by atoms with E-state index in [9.17, 15) is 0 Å². The van der Waals surface area contributed by atoms with E-state index in [-0.39, 0.29) is 0 Å². The van der Waals surface area contributed by atoms with Crippen LogP contribution in [0.5, 0.6) is 5.75 Å². The first kappa shape index (κ1) is 17.6. The fraction of sp³-hybridized carbons (Fsp3) is 0.471. The van der Waals surface area contributed by atoms with Crippen LogP contribution in [0.25, 0.3) is 0 Å². The van der Waals surface area contributed by atoms with Crippen molar-refractivity contribution in [1.82, 2.24) is 0 Å². The molecule has 0 spiro atoms. The van der Waals surface area contributed by atoms with E-state index >= 15 is 0 Å². The van der Waals surface area contributed by atoms with Crippen LogP contribution in [0, 0.1) is 0 Å². The quantitative estimate of drug-likeness (QED) is 0.670. The van der Waals surface area contributed by atoms with Crippen molar-refractivity contribution in [2.24, 2.45) is 10.7 Å². The topological polar surface area (TPSA) is 66.1 Å². The van der Waals surface area contributed by atoms with E-state index in [1.165, 1.54) is 6.20 Å². The third-order valence-electron chi connectivity index (χ3n) is 4.39. The molecule has 23 heavy (non-hydrogen) atoms. The Bertz CT molecular complexity index is 578. The van der Waals surface area contributed by atoms with Crippen LogP contribution in [0.3, 0.4) is 0 Å². The first-order valence-electron chi connectivity index (χ1n) is 7.69. The Labute approximate surface area is 138 Å². The maximum Gasteiger partial charge on any atom is 0.497 e. The van der Waals surface area contributed by atoms with Gasteiger partial charge in [0.25, 0.3) is 0 Å². The van der Waals surface area contributed by atoms with Crippen molar-refractivity contribution in [2.75, 3.05) is 7.11 Å². The molecule has 1 fully saturated rings. The lowest BCUT2D eigenvalue weighted by atomic mass is 9.79. The van der Waals surface area contributed by atoms with Crippen molar-refractivity contribution in [3.8, 4) is 5.75 Å². The molecule has 5 nitrogen and oxygen atoms in total. The summed E-state index contributed by atoms with van der Waals surface area (Å²) in [6, 6.07) is 7.80. The number of methoxy groups -OCH3 is 1. The third-order valence-corrected chi connectivity index (χ3v) is 4.39. The first-order valence-corrected chi connectivity index (χ1v) is 7.69. The summed E-state index contributed by atoms with van der Waals surface area (Å²) in [6.07, 6.45) is 3.20. The summed E-state index contributed by atoms with van der Waals surface area (Å²) < 4.78 is 17.1. The number of ether oxygens (including phenoxy) is 1. The van der Waals surface area contributed by atoms with Crippen molar-refractivity contribution in [3.05, 3.63) is 41.5 Å². The van der Waals surface area contributed by atoms with Gasteiger partial charge < -0.3 is 19.8 Å². The Hall–Kier alpha value is -1.79. The molecule has 0 aliphatic carbocycles. The molecular formula is C17H25BN2O3. The molecule has 0 atom stereocenters. The van der Waals surface area contributed by atoms with Gasteiger partial charge in [0, 0.05) is 11.7 Å². The molecule has 0 radical (unpaired) electrons. The number of rotatable bonds is 5. The van der Waals surface area contributed by atoms with E-state index in [0.29, 0.717) is 6.54 Å². The molecule has 1 aromatic rings.